The predicted molar refractivity (Wildman–Crippen MR) is 140 cm³/mol. The van der Waals surface area contributed by atoms with Crippen molar-refractivity contribution in [3.05, 3.63) is 64.0 Å². The highest BCUT2D eigenvalue weighted by atomic mass is 35.5. The van der Waals surface area contributed by atoms with E-state index in [2.05, 4.69) is 9.88 Å². The fourth-order valence-corrected chi connectivity index (χ4v) is 6.20. The highest BCUT2D eigenvalue weighted by Gasteiger charge is 2.44. The second kappa shape index (κ2) is 11.3. The summed E-state index contributed by atoms with van der Waals surface area (Å²) in [6, 6.07) is 10.8. The molecule has 0 radical (unpaired) electrons. The number of fused-ring (bicyclic) bond motifs is 1. The minimum Gasteiger partial charge on any atom is -0.497 e. The van der Waals surface area contributed by atoms with Gasteiger partial charge in [0.2, 0.25) is 0 Å². The lowest BCUT2D eigenvalue weighted by Crippen LogP contribution is -2.35. The molecule has 1 N–H and O–H groups in total. The number of methoxy groups -OCH3 is 1. The predicted octanol–water partition coefficient (Wildman–Crippen LogP) is 6.58. The molecular formula is C26H27Cl2FN2O3S. The number of halogens is 3. The standard InChI is InChI=1S/C26H27Cl2FN2O3S/c1-34-18-5-7-23-20(14-18)19(22(29)15-30-23)3-2-8-26(25(32)33)9-10-31(16-26)11-12-35-24-13-17(27)4-6-21(24)28/h4-7,13-15H,2-3,8-12,16H2,1H3,(H,32,33). The molecule has 5 nitrogen and oxygen atoms in total. The van der Waals surface area contributed by atoms with Gasteiger partial charge < -0.3 is 14.7 Å². The number of hydrogen-bond donors (Lipinski definition) is 1. The van der Waals surface area contributed by atoms with Gasteiger partial charge >= 0.3 is 5.97 Å². The van der Waals surface area contributed by atoms with Gasteiger partial charge in [-0.15, -0.1) is 11.8 Å². The molecule has 3 aromatic rings. The number of aromatic nitrogens is 1. The highest BCUT2D eigenvalue weighted by Crippen LogP contribution is 2.37. The first-order valence-electron chi connectivity index (χ1n) is 11.5. The van der Waals surface area contributed by atoms with Crippen LogP contribution in [-0.2, 0) is 11.2 Å². The number of pyridine rings is 1. The van der Waals surface area contributed by atoms with Crippen LogP contribution < -0.4 is 4.74 Å². The van der Waals surface area contributed by atoms with Crippen LogP contribution in [0.1, 0.15) is 24.8 Å². The normalized spacial score (nSPS) is 18.3. The lowest BCUT2D eigenvalue weighted by molar-refractivity contribution is -0.148. The zero-order valence-corrected chi connectivity index (χ0v) is 21.7. The number of ether oxygens (including phenoxy) is 1. The smallest absolute Gasteiger partial charge is 0.310 e. The third-order valence-electron chi connectivity index (χ3n) is 6.66. The number of hydrogen-bond acceptors (Lipinski definition) is 5. The van der Waals surface area contributed by atoms with Gasteiger partial charge in [-0.1, -0.05) is 23.2 Å². The van der Waals surface area contributed by atoms with Crippen LogP contribution in [0.2, 0.25) is 10.0 Å². The highest BCUT2D eigenvalue weighted by molar-refractivity contribution is 7.99. The van der Waals surface area contributed by atoms with Gasteiger partial charge in [-0.05, 0) is 74.2 Å². The maximum atomic E-state index is 14.7. The molecule has 1 atom stereocenters. The zero-order chi connectivity index (χ0) is 25.0. The van der Waals surface area contributed by atoms with E-state index < -0.39 is 11.4 Å². The summed E-state index contributed by atoms with van der Waals surface area (Å²) in [4.78, 5) is 19.6. The number of benzene rings is 2. The first kappa shape index (κ1) is 26.0. The van der Waals surface area contributed by atoms with E-state index in [4.69, 9.17) is 27.9 Å². The Bertz CT molecular complexity index is 1230. The third-order valence-corrected chi connectivity index (χ3v) is 8.37. The van der Waals surface area contributed by atoms with Gasteiger partial charge in [-0.3, -0.25) is 9.78 Å². The van der Waals surface area contributed by atoms with Crippen molar-refractivity contribution >= 4 is 51.8 Å². The van der Waals surface area contributed by atoms with Gasteiger partial charge in [-0.25, -0.2) is 4.39 Å². The zero-order valence-electron chi connectivity index (χ0n) is 19.4. The number of carboxylic acids is 1. The van der Waals surface area contributed by atoms with Crippen molar-refractivity contribution in [3.63, 3.8) is 0 Å². The maximum absolute atomic E-state index is 14.7. The lowest BCUT2D eigenvalue weighted by atomic mass is 9.81. The summed E-state index contributed by atoms with van der Waals surface area (Å²) in [6.45, 7) is 1.96. The quantitative estimate of drug-likeness (QED) is 0.295. The van der Waals surface area contributed by atoms with Crippen molar-refractivity contribution in [1.82, 2.24) is 9.88 Å². The summed E-state index contributed by atoms with van der Waals surface area (Å²) >= 11 is 13.9. The molecule has 2 aromatic carbocycles. The van der Waals surface area contributed by atoms with Crippen LogP contribution in [0, 0.1) is 11.2 Å². The van der Waals surface area contributed by atoms with Crippen LogP contribution in [0.4, 0.5) is 4.39 Å². The molecule has 0 spiro atoms. The van der Waals surface area contributed by atoms with Crippen molar-refractivity contribution in [3.8, 4) is 5.75 Å². The van der Waals surface area contributed by atoms with Gasteiger partial charge in [-0.2, -0.15) is 0 Å². The van der Waals surface area contributed by atoms with Crippen LogP contribution in [-0.4, -0.2) is 53.5 Å². The number of likely N-dealkylation sites (tertiary alicyclic amines) is 1. The van der Waals surface area contributed by atoms with Gasteiger partial charge in [0, 0.05) is 34.1 Å². The van der Waals surface area contributed by atoms with Gasteiger partial charge in [0.15, 0.2) is 0 Å². The van der Waals surface area contributed by atoms with Crippen molar-refractivity contribution in [2.24, 2.45) is 5.41 Å². The molecule has 0 bridgehead atoms. The summed E-state index contributed by atoms with van der Waals surface area (Å²) in [5.74, 6) is 0.259. The van der Waals surface area contributed by atoms with E-state index in [9.17, 15) is 14.3 Å². The molecule has 186 valence electrons. The SMILES string of the molecule is COc1ccc2ncc(F)c(CCCC3(C(=O)O)CCN(CCSc4cc(Cl)ccc4Cl)C3)c2c1. The van der Waals surface area contributed by atoms with Crippen molar-refractivity contribution in [1.29, 1.82) is 0 Å². The summed E-state index contributed by atoms with van der Waals surface area (Å²) in [6.07, 6.45) is 3.31. The van der Waals surface area contributed by atoms with Gasteiger partial charge in [0.1, 0.15) is 11.6 Å². The Balaban J connectivity index is 1.37. The Kier molecular flexibility index (Phi) is 8.42. The van der Waals surface area contributed by atoms with E-state index in [0.29, 0.717) is 64.5 Å². The number of carboxylic acid groups (broad SMARTS) is 1. The fourth-order valence-electron chi connectivity index (χ4n) is 4.69. The molecular weight excluding hydrogens is 510 g/mol. The average molecular weight is 537 g/mol. The van der Waals surface area contributed by atoms with Crippen LogP contribution in [0.25, 0.3) is 10.9 Å². The molecule has 2 heterocycles. The van der Waals surface area contributed by atoms with Crippen molar-refractivity contribution in [2.75, 3.05) is 32.5 Å². The monoisotopic (exact) mass is 536 g/mol. The Morgan fingerprint density at radius 1 is 1.29 bits per heavy atom. The van der Waals surface area contributed by atoms with Gasteiger partial charge in [0.05, 0.1) is 29.3 Å². The molecule has 1 aliphatic heterocycles. The number of aliphatic carboxylic acids is 1. The molecule has 1 unspecified atom stereocenters. The van der Waals surface area contributed by atoms with Crippen molar-refractivity contribution < 1.29 is 19.0 Å². The van der Waals surface area contributed by atoms with Crippen LogP contribution in [0.5, 0.6) is 5.75 Å². The van der Waals surface area contributed by atoms with Crippen LogP contribution in [0.15, 0.2) is 47.5 Å². The third kappa shape index (κ3) is 6.02. The largest absolute Gasteiger partial charge is 0.497 e. The average Bonchev–Trinajstić information content (AvgIpc) is 3.27. The Hall–Kier alpha value is -2.06. The molecule has 1 fully saturated rings. The summed E-state index contributed by atoms with van der Waals surface area (Å²) in [7, 11) is 1.57. The summed E-state index contributed by atoms with van der Waals surface area (Å²) < 4.78 is 19.9. The molecule has 35 heavy (non-hydrogen) atoms. The van der Waals surface area contributed by atoms with E-state index in [1.165, 1.54) is 6.20 Å². The van der Waals surface area contributed by atoms with E-state index >= 15 is 0 Å². The van der Waals surface area contributed by atoms with E-state index in [1.807, 2.05) is 6.07 Å². The number of thioether (sulfide) groups is 1. The van der Waals surface area contributed by atoms with Crippen molar-refractivity contribution in [2.45, 2.75) is 30.6 Å². The lowest BCUT2D eigenvalue weighted by Gasteiger charge is -2.25. The van der Waals surface area contributed by atoms with E-state index in [-0.39, 0.29) is 5.82 Å². The molecule has 9 heteroatoms. The number of carbonyl (C=O) groups is 1. The minimum absolute atomic E-state index is 0.375. The first-order valence-corrected chi connectivity index (χ1v) is 13.2. The van der Waals surface area contributed by atoms with E-state index in [0.717, 1.165) is 23.7 Å². The molecule has 1 saturated heterocycles. The molecule has 0 saturated carbocycles. The Labute approximate surface area is 218 Å². The molecule has 4 rings (SSSR count). The molecule has 0 aliphatic carbocycles. The first-order chi connectivity index (χ1) is 16.8. The Morgan fingerprint density at radius 2 is 2.11 bits per heavy atom. The summed E-state index contributed by atoms with van der Waals surface area (Å²) in [5, 5.41) is 12.1. The second-order valence-electron chi connectivity index (χ2n) is 8.86. The number of nitrogens with zero attached hydrogens (tertiary/aromatic N) is 2. The summed E-state index contributed by atoms with van der Waals surface area (Å²) in [5.41, 5.74) is 0.425. The molecule has 1 aromatic heterocycles. The molecule has 0 amide bonds. The van der Waals surface area contributed by atoms with Crippen LogP contribution in [0.3, 0.4) is 0 Å². The molecule has 1 aliphatic rings. The number of aryl methyl sites for hydroxylation is 1. The van der Waals surface area contributed by atoms with Gasteiger partial charge in [0.25, 0.3) is 0 Å². The van der Waals surface area contributed by atoms with Crippen LogP contribution >= 0.6 is 35.0 Å². The van der Waals surface area contributed by atoms with E-state index in [1.54, 1.807) is 49.2 Å². The minimum atomic E-state index is -0.824. The fraction of sp³-hybridized carbons (Fsp3) is 0.385. The Morgan fingerprint density at radius 3 is 2.89 bits per heavy atom. The maximum Gasteiger partial charge on any atom is 0.310 e. The number of rotatable bonds is 10. The second-order valence-corrected chi connectivity index (χ2v) is 10.8. The topological polar surface area (TPSA) is 62.7 Å².